The average molecular weight is 177 g/mol. The van der Waals surface area contributed by atoms with Crippen molar-refractivity contribution in [3.05, 3.63) is 0 Å². The van der Waals surface area contributed by atoms with Gasteiger partial charge in [0.25, 0.3) is 0 Å². The van der Waals surface area contributed by atoms with Gasteiger partial charge >= 0.3 is 5.97 Å². The quantitative estimate of drug-likeness (QED) is 0.543. The van der Waals surface area contributed by atoms with Gasteiger partial charge in [0.2, 0.25) is 0 Å². The van der Waals surface area contributed by atoms with Crippen LogP contribution in [0.3, 0.4) is 0 Å². The molecule has 4 heteroatoms. The summed E-state index contributed by atoms with van der Waals surface area (Å²) in [6.45, 7) is 3.97. The second-order valence-electron chi connectivity index (χ2n) is 2.55. The third kappa shape index (κ3) is 4.27. The normalized spacial score (nSPS) is 15.9. The van der Waals surface area contributed by atoms with Gasteiger partial charge in [-0.3, -0.25) is 4.79 Å². The second kappa shape index (κ2) is 5.43. The Labute approximate surface area is 72.6 Å². The topological polar surface area (TPSA) is 49.3 Å². The van der Waals surface area contributed by atoms with Crippen LogP contribution in [0.5, 0.6) is 0 Å². The largest absolute Gasteiger partial charge is 0.480 e. The molecule has 0 unspecified atom stereocenters. The Balaban J connectivity index is 3.77. The molecule has 0 rings (SSSR count). The Bertz CT molecular complexity index is 130. The Morgan fingerprint density at radius 1 is 1.73 bits per heavy atom. The van der Waals surface area contributed by atoms with Crippen molar-refractivity contribution in [1.82, 2.24) is 5.32 Å². The highest BCUT2D eigenvalue weighted by atomic mass is 32.1. The van der Waals surface area contributed by atoms with E-state index < -0.39 is 12.0 Å². The van der Waals surface area contributed by atoms with Crippen LogP contribution >= 0.6 is 12.6 Å². The lowest BCUT2D eigenvalue weighted by molar-refractivity contribution is -0.139. The molecule has 0 aromatic heterocycles. The molecular formula is C7H15NO2S. The first-order valence-electron chi connectivity index (χ1n) is 3.71. The number of thiol groups is 1. The van der Waals surface area contributed by atoms with Crippen molar-refractivity contribution < 1.29 is 9.90 Å². The Hall–Kier alpha value is -0.220. The molecule has 0 aromatic carbocycles. The molecule has 0 bridgehead atoms. The summed E-state index contributed by atoms with van der Waals surface area (Å²) in [6.07, 6.45) is 0.928. The van der Waals surface area contributed by atoms with Crippen molar-refractivity contribution in [1.29, 1.82) is 0 Å². The zero-order valence-corrected chi connectivity index (χ0v) is 7.77. The maximum atomic E-state index is 10.5. The van der Waals surface area contributed by atoms with E-state index in [9.17, 15) is 4.79 Å². The van der Waals surface area contributed by atoms with Gasteiger partial charge in [-0.15, -0.1) is 0 Å². The predicted octanol–water partition coefficient (Wildman–Crippen LogP) is 0.758. The van der Waals surface area contributed by atoms with Crippen LogP contribution in [-0.2, 0) is 4.79 Å². The Kier molecular flexibility index (Phi) is 5.32. The van der Waals surface area contributed by atoms with Crippen LogP contribution in [0.15, 0.2) is 0 Å². The summed E-state index contributed by atoms with van der Waals surface area (Å²) < 4.78 is 0. The first-order valence-corrected chi connectivity index (χ1v) is 4.34. The SMILES string of the molecule is CC[C@@H](C)N[C@@H](CS)C(=O)O. The van der Waals surface area contributed by atoms with Gasteiger partial charge in [0.1, 0.15) is 6.04 Å². The van der Waals surface area contributed by atoms with Crippen molar-refractivity contribution in [2.45, 2.75) is 32.4 Å². The average Bonchev–Trinajstić information content (AvgIpc) is 1.99. The van der Waals surface area contributed by atoms with Gasteiger partial charge in [-0.1, -0.05) is 6.92 Å². The van der Waals surface area contributed by atoms with Gasteiger partial charge in [-0.2, -0.15) is 12.6 Å². The van der Waals surface area contributed by atoms with Crippen molar-refractivity contribution in [3.8, 4) is 0 Å². The molecule has 0 amide bonds. The molecule has 0 aliphatic carbocycles. The smallest absolute Gasteiger partial charge is 0.321 e. The zero-order valence-electron chi connectivity index (χ0n) is 6.87. The molecule has 0 aliphatic rings. The monoisotopic (exact) mass is 177 g/mol. The van der Waals surface area contributed by atoms with E-state index in [-0.39, 0.29) is 6.04 Å². The van der Waals surface area contributed by atoms with Crippen LogP contribution in [0.1, 0.15) is 20.3 Å². The predicted molar refractivity (Wildman–Crippen MR) is 48.2 cm³/mol. The molecule has 11 heavy (non-hydrogen) atoms. The van der Waals surface area contributed by atoms with Crippen molar-refractivity contribution in [3.63, 3.8) is 0 Å². The van der Waals surface area contributed by atoms with E-state index in [4.69, 9.17) is 5.11 Å². The Morgan fingerprint density at radius 2 is 2.27 bits per heavy atom. The number of carboxylic acid groups (broad SMARTS) is 1. The lowest BCUT2D eigenvalue weighted by atomic mass is 10.2. The highest BCUT2D eigenvalue weighted by Crippen LogP contribution is 1.94. The van der Waals surface area contributed by atoms with Gasteiger partial charge in [0, 0.05) is 11.8 Å². The van der Waals surface area contributed by atoms with E-state index in [0.29, 0.717) is 5.75 Å². The molecule has 0 saturated carbocycles. The number of aliphatic carboxylic acids is 1. The fourth-order valence-electron chi connectivity index (χ4n) is 0.663. The molecule has 0 aliphatic heterocycles. The number of rotatable bonds is 5. The highest BCUT2D eigenvalue weighted by Gasteiger charge is 2.16. The zero-order chi connectivity index (χ0) is 8.85. The molecule has 3 nitrogen and oxygen atoms in total. The molecular weight excluding hydrogens is 162 g/mol. The minimum atomic E-state index is -0.833. The summed E-state index contributed by atoms with van der Waals surface area (Å²) in [5.74, 6) is -0.500. The maximum Gasteiger partial charge on any atom is 0.321 e. The second-order valence-corrected chi connectivity index (χ2v) is 2.91. The fourth-order valence-corrected chi connectivity index (χ4v) is 0.925. The van der Waals surface area contributed by atoms with Crippen molar-refractivity contribution in [2.24, 2.45) is 0 Å². The summed E-state index contributed by atoms with van der Waals surface area (Å²) in [4.78, 5) is 10.5. The van der Waals surface area contributed by atoms with Crippen molar-refractivity contribution in [2.75, 3.05) is 5.75 Å². The fraction of sp³-hybridized carbons (Fsp3) is 0.857. The molecule has 0 saturated heterocycles. The van der Waals surface area contributed by atoms with E-state index in [0.717, 1.165) is 6.42 Å². The molecule has 0 fully saturated rings. The minimum absolute atomic E-state index is 0.239. The molecule has 0 heterocycles. The third-order valence-electron chi connectivity index (χ3n) is 1.58. The van der Waals surface area contributed by atoms with E-state index in [1.807, 2.05) is 13.8 Å². The number of carboxylic acids is 1. The van der Waals surface area contributed by atoms with Crippen LogP contribution in [0.4, 0.5) is 0 Å². The van der Waals surface area contributed by atoms with E-state index in [2.05, 4.69) is 17.9 Å². The van der Waals surface area contributed by atoms with Crippen LogP contribution in [0, 0.1) is 0 Å². The molecule has 2 N–H and O–H groups in total. The summed E-state index contributed by atoms with van der Waals surface area (Å²) >= 11 is 3.93. The molecule has 0 radical (unpaired) electrons. The third-order valence-corrected chi connectivity index (χ3v) is 1.94. The summed E-state index contributed by atoms with van der Waals surface area (Å²) in [5.41, 5.74) is 0. The van der Waals surface area contributed by atoms with Crippen LogP contribution in [0.2, 0.25) is 0 Å². The lowest BCUT2D eigenvalue weighted by Gasteiger charge is -2.16. The van der Waals surface area contributed by atoms with E-state index >= 15 is 0 Å². The molecule has 0 aromatic rings. The number of nitrogens with one attached hydrogen (secondary N) is 1. The standard InChI is InChI=1S/C7H15NO2S/c1-3-5(2)8-6(4-11)7(9)10/h5-6,8,11H,3-4H2,1-2H3,(H,9,10)/t5-,6+/m1/s1. The summed E-state index contributed by atoms with van der Waals surface area (Å²) in [6, 6.07) is -0.281. The van der Waals surface area contributed by atoms with Crippen LogP contribution in [0.25, 0.3) is 0 Å². The highest BCUT2D eigenvalue weighted by molar-refractivity contribution is 7.80. The maximum absolute atomic E-state index is 10.5. The van der Waals surface area contributed by atoms with Gasteiger partial charge in [0.15, 0.2) is 0 Å². The number of carbonyl (C=O) groups is 1. The summed E-state index contributed by atoms with van der Waals surface area (Å²) in [5, 5.41) is 11.5. The molecule has 2 atom stereocenters. The molecule has 0 spiro atoms. The first kappa shape index (κ1) is 10.8. The summed E-state index contributed by atoms with van der Waals surface area (Å²) in [7, 11) is 0. The number of hydrogen-bond donors (Lipinski definition) is 3. The van der Waals surface area contributed by atoms with Crippen molar-refractivity contribution >= 4 is 18.6 Å². The lowest BCUT2D eigenvalue weighted by Crippen LogP contribution is -2.43. The van der Waals surface area contributed by atoms with Crippen LogP contribution < -0.4 is 5.32 Å². The van der Waals surface area contributed by atoms with Gasteiger partial charge in [-0.05, 0) is 13.3 Å². The molecule has 66 valence electrons. The first-order chi connectivity index (χ1) is 5.11. The minimum Gasteiger partial charge on any atom is -0.480 e. The Morgan fingerprint density at radius 3 is 2.55 bits per heavy atom. The van der Waals surface area contributed by atoms with E-state index in [1.165, 1.54) is 0 Å². The van der Waals surface area contributed by atoms with Gasteiger partial charge in [0.05, 0.1) is 0 Å². The van der Waals surface area contributed by atoms with Gasteiger partial charge in [-0.25, -0.2) is 0 Å². The van der Waals surface area contributed by atoms with E-state index in [1.54, 1.807) is 0 Å². The van der Waals surface area contributed by atoms with Crippen LogP contribution in [-0.4, -0.2) is 28.9 Å². The number of hydrogen-bond acceptors (Lipinski definition) is 3. The van der Waals surface area contributed by atoms with Gasteiger partial charge < -0.3 is 10.4 Å².